The van der Waals surface area contributed by atoms with E-state index in [2.05, 4.69) is 4.57 Å². The molecule has 0 fully saturated rings. The van der Waals surface area contributed by atoms with Crippen LogP contribution >= 0.6 is 11.6 Å². The number of aromatic carboxylic acids is 1. The maximum atomic E-state index is 11.3. The van der Waals surface area contributed by atoms with Crippen molar-refractivity contribution in [3.63, 3.8) is 0 Å². The van der Waals surface area contributed by atoms with Crippen LogP contribution in [0.3, 0.4) is 0 Å². The van der Waals surface area contributed by atoms with Crippen LogP contribution in [0.15, 0.2) is 36.4 Å². The highest BCUT2D eigenvalue weighted by atomic mass is 35.5. The molecular formula is C21H20ClNO4. The molecule has 3 aromatic rings. The number of carboxylic acids is 1. The molecule has 0 radical (unpaired) electrons. The molecule has 0 saturated carbocycles. The van der Waals surface area contributed by atoms with Gasteiger partial charge >= 0.3 is 5.97 Å². The Balaban J connectivity index is 2.04. The third-order valence-electron chi connectivity index (χ3n) is 4.75. The van der Waals surface area contributed by atoms with E-state index in [9.17, 15) is 14.7 Å². The summed E-state index contributed by atoms with van der Waals surface area (Å²) in [4.78, 5) is 22.1. The zero-order valence-corrected chi connectivity index (χ0v) is 16.1. The number of halogens is 1. The number of carbonyl (C=O) groups excluding carboxylic acids is 1. The van der Waals surface area contributed by atoms with Gasteiger partial charge in [0.05, 0.1) is 5.56 Å². The van der Waals surface area contributed by atoms with Crippen LogP contribution in [0.2, 0.25) is 5.02 Å². The first-order chi connectivity index (χ1) is 12.8. The van der Waals surface area contributed by atoms with E-state index in [1.54, 1.807) is 31.2 Å². The Labute approximate surface area is 162 Å². The fraction of sp³-hybridized carbons (Fsp3) is 0.238. The lowest BCUT2D eigenvalue weighted by atomic mass is 10.1. The van der Waals surface area contributed by atoms with Gasteiger partial charge in [-0.2, -0.15) is 0 Å². The van der Waals surface area contributed by atoms with Gasteiger partial charge in [0.25, 0.3) is 0 Å². The molecule has 0 aliphatic rings. The summed E-state index contributed by atoms with van der Waals surface area (Å²) < 4.78 is 7.66. The molecule has 27 heavy (non-hydrogen) atoms. The Bertz CT molecular complexity index is 1040. The lowest BCUT2D eigenvalue weighted by Gasteiger charge is -2.14. The molecule has 1 aromatic heterocycles. The summed E-state index contributed by atoms with van der Waals surface area (Å²) in [7, 11) is 0. The summed E-state index contributed by atoms with van der Waals surface area (Å²) in [6.45, 7) is 6.16. The van der Waals surface area contributed by atoms with Crippen LogP contribution in [-0.4, -0.2) is 28.0 Å². The second-order valence-corrected chi connectivity index (χ2v) is 6.95. The number of nitrogens with zero attached hydrogens (tertiary/aromatic N) is 1. The van der Waals surface area contributed by atoms with Crippen molar-refractivity contribution in [2.75, 3.05) is 0 Å². The first-order valence-electron chi connectivity index (χ1n) is 8.55. The second kappa shape index (κ2) is 7.45. The number of rotatable bonds is 6. The molecule has 0 bridgehead atoms. The SMILES string of the molecule is Cc1c(C)n(Cc2cc(O[C@H](C)C=O)ccc2Cl)c2ccc(C(=O)O)cc12. The van der Waals surface area contributed by atoms with E-state index in [-0.39, 0.29) is 5.56 Å². The molecule has 0 saturated heterocycles. The van der Waals surface area contributed by atoms with Gasteiger partial charge in [0.1, 0.15) is 5.75 Å². The first kappa shape index (κ1) is 19.0. The van der Waals surface area contributed by atoms with Crippen molar-refractivity contribution in [2.24, 2.45) is 0 Å². The Hall–Kier alpha value is -2.79. The van der Waals surface area contributed by atoms with Gasteiger partial charge in [0.2, 0.25) is 0 Å². The number of hydrogen-bond acceptors (Lipinski definition) is 3. The average Bonchev–Trinajstić information content (AvgIpc) is 2.88. The molecule has 0 amide bonds. The zero-order chi connectivity index (χ0) is 19.7. The van der Waals surface area contributed by atoms with Crippen molar-refractivity contribution < 1.29 is 19.4 Å². The van der Waals surface area contributed by atoms with Gasteiger partial charge in [-0.15, -0.1) is 0 Å². The monoisotopic (exact) mass is 385 g/mol. The Morgan fingerprint density at radius 1 is 1.26 bits per heavy atom. The van der Waals surface area contributed by atoms with E-state index in [1.165, 1.54) is 0 Å². The number of aromatic nitrogens is 1. The zero-order valence-electron chi connectivity index (χ0n) is 15.3. The van der Waals surface area contributed by atoms with E-state index in [4.69, 9.17) is 16.3 Å². The topological polar surface area (TPSA) is 68.5 Å². The molecule has 140 valence electrons. The minimum Gasteiger partial charge on any atom is -0.483 e. The molecule has 3 rings (SSSR count). The minimum atomic E-state index is -0.945. The van der Waals surface area contributed by atoms with E-state index < -0.39 is 12.1 Å². The van der Waals surface area contributed by atoms with Gasteiger partial charge < -0.3 is 14.4 Å². The van der Waals surface area contributed by atoms with Gasteiger partial charge in [-0.3, -0.25) is 4.79 Å². The van der Waals surface area contributed by atoms with Crippen LogP contribution in [-0.2, 0) is 11.3 Å². The molecular weight excluding hydrogens is 366 g/mol. The van der Waals surface area contributed by atoms with Crippen LogP contribution in [0.4, 0.5) is 0 Å². The van der Waals surface area contributed by atoms with Crippen LogP contribution < -0.4 is 4.74 Å². The molecule has 1 atom stereocenters. The summed E-state index contributed by atoms with van der Waals surface area (Å²) in [5.74, 6) is -0.369. The van der Waals surface area contributed by atoms with Crippen molar-refractivity contribution in [1.29, 1.82) is 0 Å². The van der Waals surface area contributed by atoms with Crippen molar-refractivity contribution in [3.8, 4) is 5.75 Å². The summed E-state index contributed by atoms with van der Waals surface area (Å²) in [6, 6.07) is 10.4. The number of ether oxygens (including phenoxy) is 1. The molecule has 0 aliphatic carbocycles. The molecule has 6 heteroatoms. The van der Waals surface area contributed by atoms with Gasteiger partial charge in [0, 0.05) is 28.2 Å². The molecule has 2 aromatic carbocycles. The number of carboxylic acid groups (broad SMARTS) is 1. The normalized spacial score (nSPS) is 12.1. The van der Waals surface area contributed by atoms with Crippen LogP contribution in [0, 0.1) is 13.8 Å². The third kappa shape index (κ3) is 3.69. The molecule has 0 unspecified atom stereocenters. The molecule has 1 N–H and O–H groups in total. The predicted molar refractivity (Wildman–Crippen MR) is 105 cm³/mol. The number of aryl methyl sites for hydroxylation is 1. The Morgan fingerprint density at radius 2 is 2.00 bits per heavy atom. The predicted octanol–water partition coefficient (Wildman–Crippen LogP) is 4.62. The van der Waals surface area contributed by atoms with E-state index in [0.29, 0.717) is 17.3 Å². The van der Waals surface area contributed by atoms with Crippen molar-refractivity contribution >= 4 is 34.8 Å². The van der Waals surface area contributed by atoms with Crippen LogP contribution in [0.5, 0.6) is 5.75 Å². The third-order valence-corrected chi connectivity index (χ3v) is 5.11. The number of carbonyl (C=O) groups is 2. The lowest BCUT2D eigenvalue weighted by molar-refractivity contribution is -0.113. The van der Waals surface area contributed by atoms with Crippen molar-refractivity contribution in [2.45, 2.75) is 33.4 Å². The van der Waals surface area contributed by atoms with Gasteiger partial charge in [-0.1, -0.05) is 11.6 Å². The highest BCUT2D eigenvalue weighted by molar-refractivity contribution is 6.31. The van der Waals surface area contributed by atoms with E-state index in [0.717, 1.165) is 34.0 Å². The lowest BCUT2D eigenvalue weighted by Crippen LogP contribution is -2.13. The maximum Gasteiger partial charge on any atom is 0.335 e. The summed E-state index contributed by atoms with van der Waals surface area (Å²) in [6.07, 6.45) is 0.200. The number of hydrogen-bond donors (Lipinski definition) is 1. The average molecular weight is 386 g/mol. The van der Waals surface area contributed by atoms with E-state index >= 15 is 0 Å². The van der Waals surface area contributed by atoms with Gasteiger partial charge in [-0.25, -0.2) is 4.79 Å². The maximum absolute atomic E-state index is 11.3. The molecule has 0 spiro atoms. The largest absolute Gasteiger partial charge is 0.483 e. The number of benzene rings is 2. The highest BCUT2D eigenvalue weighted by Crippen LogP contribution is 2.30. The summed E-state index contributed by atoms with van der Waals surface area (Å²) in [5.41, 5.74) is 4.13. The fourth-order valence-corrected chi connectivity index (χ4v) is 3.32. The van der Waals surface area contributed by atoms with Gasteiger partial charge in [-0.05, 0) is 68.3 Å². The van der Waals surface area contributed by atoms with Crippen LogP contribution in [0.25, 0.3) is 10.9 Å². The molecule has 1 heterocycles. The summed E-state index contributed by atoms with van der Waals surface area (Å²) in [5, 5.41) is 10.7. The number of aldehydes is 1. The molecule has 5 nitrogen and oxygen atoms in total. The van der Waals surface area contributed by atoms with Gasteiger partial charge in [0.15, 0.2) is 12.4 Å². The minimum absolute atomic E-state index is 0.263. The molecule has 0 aliphatic heterocycles. The highest BCUT2D eigenvalue weighted by Gasteiger charge is 2.15. The first-order valence-corrected chi connectivity index (χ1v) is 8.92. The number of fused-ring (bicyclic) bond motifs is 1. The smallest absolute Gasteiger partial charge is 0.335 e. The summed E-state index contributed by atoms with van der Waals surface area (Å²) >= 11 is 6.38. The Kier molecular flexibility index (Phi) is 5.24. The quantitative estimate of drug-likeness (QED) is 0.628. The Morgan fingerprint density at radius 3 is 2.67 bits per heavy atom. The standard InChI is InChI=1S/C21H20ClNO4/c1-12(11-24)27-17-5-6-19(22)16(8-17)10-23-14(3)13(2)18-9-15(21(25)26)4-7-20(18)23/h4-9,11-12H,10H2,1-3H3,(H,25,26)/t12-/m1/s1. The van der Waals surface area contributed by atoms with Crippen LogP contribution in [0.1, 0.15) is 34.1 Å². The fourth-order valence-electron chi connectivity index (χ4n) is 3.14. The van der Waals surface area contributed by atoms with Crippen molar-refractivity contribution in [3.05, 3.63) is 63.8 Å². The second-order valence-electron chi connectivity index (χ2n) is 6.55. The van der Waals surface area contributed by atoms with E-state index in [1.807, 2.05) is 26.0 Å². The van der Waals surface area contributed by atoms with Crippen molar-refractivity contribution in [1.82, 2.24) is 4.57 Å².